The predicted molar refractivity (Wildman–Crippen MR) is 94.7 cm³/mol. The van der Waals surface area contributed by atoms with Gasteiger partial charge in [0.15, 0.2) is 0 Å². The summed E-state index contributed by atoms with van der Waals surface area (Å²) in [7, 11) is 3.14. The lowest BCUT2D eigenvalue weighted by Crippen LogP contribution is -2.35. The Morgan fingerprint density at radius 3 is 2.68 bits per heavy atom. The molecule has 6 heteroatoms. The highest BCUT2D eigenvalue weighted by Crippen LogP contribution is 2.32. The monoisotopic (exact) mass is 340 g/mol. The molecule has 0 aliphatic carbocycles. The molecule has 0 saturated carbocycles. The summed E-state index contributed by atoms with van der Waals surface area (Å²) in [6, 6.07) is 14.0. The first-order chi connectivity index (χ1) is 12.1. The topological polar surface area (TPSA) is 67.9 Å². The molecule has 2 aromatic rings. The van der Waals surface area contributed by atoms with Gasteiger partial charge in [-0.05, 0) is 29.8 Å². The highest BCUT2D eigenvalue weighted by atomic mass is 16.5. The summed E-state index contributed by atoms with van der Waals surface area (Å²) in [6.07, 6.45) is 0.103. The fraction of sp³-hybridized carbons (Fsp3) is 0.263. The number of hydrogen-bond acceptors (Lipinski definition) is 5. The molecule has 6 nitrogen and oxygen atoms in total. The summed E-state index contributed by atoms with van der Waals surface area (Å²) in [5.41, 5.74) is 2.24. The Morgan fingerprint density at radius 1 is 1.12 bits per heavy atom. The first-order valence-corrected chi connectivity index (χ1v) is 7.98. The molecule has 25 heavy (non-hydrogen) atoms. The van der Waals surface area contributed by atoms with Gasteiger partial charge in [-0.15, -0.1) is 0 Å². The van der Waals surface area contributed by atoms with Crippen LogP contribution in [0.1, 0.15) is 12.0 Å². The zero-order valence-electron chi connectivity index (χ0n) is 14.2. The van der Waals surface area contributed by atoms with Crippen LogP contribution in [0.3, 0.4) is 0 Å². The average Bonchev–Trinajstić information content (AvgIpc) is 2.89. The van der Waals surface area contributed by atoms with Crippen LogP contribution >= 0.6 is 0 Å². The van der Waals surface area contributed by atoms with E-state index in [2.05, 4.69) is 5.32 Å². The van der Waals surface area contributed by atoms with Crippen molar-refractivity contribution in [2.24, 2.45) is 0 Å². The van der Waals surface area contributed by atoms with E-state index in [-0.39, 0.29) is 18.2 Å². The molecule has 1 heterocycles. The number of hydrogen-bond donors (Lipinski definition) is 1. The number of benzene rings is 2. The molecule has 1 aliphatic heterocycles. The molecular formula is C19H20N2O4. The average molecular weight is 340 g/mol. The van der Waals surface area contributed by atoms with Crippen LogP contribution in [0.2, 0.25) is 0 Å². The Morgan fingerprint density at radius 2 is 1.92 bits per heavy atom. The van der Waals surface area contributed by atoms with Crippen LogP contribution in [0.5, 0.6) is 5.75 Å². The SMILES string of the molecule is COCc1cccc(N[C@@H]2CC(=O)N(c3ccccc3OC)C2=O)c1. The Bertz CT molecular complexity index is 790. The lowest BCUT2D eigenvalue weighted by Gasteiger charge is -2.18. The van der Waals surface area contributed by atoms with Gasteiger partial charge in [-0.3, -0.25) is 9.59 Å². The van der Waals surface area contributed by atoms with Crippen molar-refractivity contribution < 1.29 is 19.1 Å². The number of carbonyl (C=O) groups excluding carboxylic acids is 2. The van der Waals surface area contributed by atoms with Crippen molar-refractivity contribution >= 4 is 23.2 Å². The van der Waals surface area contributed by atoms with Crippen LogP contribution in [0.15, 0.2) is 48.5 Å². The first kappa shape index (κ1) is 17.0. The highest BCUT2D eigenvalue weighted by Gasteiger charge is 2.40. The quantitative estimate of drug-likeness (QED) is 0.819. The third-order valence-corrected chi connectivity index (χ3v) is 4.05. The van der Waals surface area contributed by atoms with Crippen molar-refractivity contribution in [1.82, 2.24) is 0 Å². The number of para-hydroxylation sites is 2. The molecule has 0 spiro atoms. The molecule has 130 valence electrons. The molecule has 1 aliphatic rings. The van der Waals surface area contributed by atoms with Gasteiger partial charge in [0, 0.05) is 12.8 Å². The van der Waals surface area contributed by atoms with Crippen LogP contribution in [0.25, 0.3) is 0 Å². The third-order valence-electron chi connectivity index (χ3n) is 4.05. The van der Waals surface area contributed by atoms with Gasteiger partial charge < -0.3 is 14.8 Å². The summed E-state index contributed by atoms with van der Waals surface area (Å²) >= 11 is 0. The van der Waals surface area contributed by atoms with Gasteiger partial charge in [-0.2, -0.15) is 0 Å². The number of rotatable bonds is 6. The van der Waals surface area contributed by atoms with Crippen LogP contribution in [0.4, 0.5) is 11.4 Å². The lowest BCUT2D eigenvalue weighted by atomic mass is 10.2. The summed E-state index contributed by atoms with van der Waals surface area (Å²) in [5, 5.41) is 3.15. The Balaban J connectivity index is 1.81. The van der Waals surface area contributed by atoms with E-state index < -0.39 is 6.04 Å². The zero-order chi connectivity index (χ0) is 17.8. The van der Waals surface area contributed by atoms with Gasteiger partial charge in [-0.25, -0.2) is 4.90 Å². The fourth-order valence-corrected chi connectivity index (χ4v) is 2.93. The summed E-state index contributed by atoms with van der Waals surface area (Å²) < 4.78 is 10.4. The summed E-state index contributed by atoms with van der Waals surface area (Å²) in [6.45, 7) is 0.487. The predicted octanol–water partition coefficient (Wildman–Crippen LogP) is 2.59. The van der Waals surface area contributed by atoms with Crippen LogP contribution in [0, 0.1) is 0 Å². The number of anilines is 2. The molecule has 0 unspecified atom stereocenters. The van der Waals surface area contributed by atoms with E-state index in [9.17, 15) is 9.59 Å². The van der Waals surface area contributed by atoms with Gasteiger partial charge in [0.05, 0.1) is 25.8 Å². The lowest BCUT2D eigenvalue weighted by molar-refractivity contribution is -0.121. The van der Waals surface area contributed by atoms with Crippen molar-refractivity contribution in [3.05, 3.63) is 54.1 Å². The maximum absolute atomic E-state index is 12.8. The highest BCUT2D eigenvalue weighted by molar-refractivity contribution is 6.23. The van der Waals surface area contributed by atoms with E-state index in [4.69, 9.17) is 9.47 Å². The minimum atomic E-state index is -0.602. The number of nitrogens with one attached hydrogen (secondary N) is 1. The normalized spacial score (nSPS) is 17.0. The van der Waals surface area contributed by atoms with Crippen LogP contribution < -0.4 is 15.0 Å². The van der Waals surface area contributed by atoms with E-state index in [0.29, 0.717) is 18.0 Å². The minimum Gasteiger partial charge on any atom is -0.495 e. The molecule has 2 amide bonds. The van der Waals surface area contributed by atoms with Gasteiger partial charge in [0.2, 0.25) is 5.91 Å². The summed E-state index contributed by atoms with van der Waals surface area (Å²) in [5.74, 6) is -0.0429. The van der Waals surface area contributed by atoms with Crippen molar-refractivity contribution in [1.29, 1.82) is 0 Å². The standard InChI is InChI=1S/C19H20N2O4/c1-24-12-13-6-5-7-14(10-13)20-15-11-18(22)21(19(15)23)16-8-3-4-9-17(16)25-2/h3-10,15,20H,11-12H2,1-2H3/t15-/m1/s1. The number of amides is 2. The Kier molecular flexibility index (Phi) is 5.00. The zero-order valence-corrected chi connectivity index (χ0v) is 14.2. The molecule has 1 atom stereocenters. The largest absolute Gasteiger partial charge is 0.495 e. The third kappa shape index (κ3) is 3.49. The number of carbonyl (C=O) groups is 2. The molecule has 0 radical (unpaired) electrons. The van der Waals surface area contributed by atoms with Crippen molar-refractivity contribution in [2.45, 2.75) is 19.1 Å². The van der Waals surface area contributed by atoms with E-state index in [1.807, 2.05) is 24.3 Å². The molecular weight excluding hydrogens is 320 g/mol. The maximum atomic E-state index is 12.8. The number of methoxy groups -OCH3 is 2. The molecule has 0 bridgehead atoms. The second kappa shape index (κ2) is 7.36. The van der Waals surface area contributed by atoms with E-state index in [0.717, 1.165) is 11.3 Å². The molecule has 2 aromatic carbocycles. The van der Waals surface area contributed by atoms with Crippen molar-refractivity contribution in [2.75, 3.05) is 24.4 Å². The van der Waals surface area contributed by atoms with E-state index >= 15 is 0 Å². The maximum Gasteiger partial charge on any atom is 0.256 e. The molecule has 1 saturated heterocycles. The van der Waals surface area contributed by atoms with Crippen LogP contribution in [-0.4, -0.2) is 32.1 Å². The fourth-order valence-electron chi connectivity index (χ4n) is 2.93. The second-order valence-electron chi connectivity index (χ2n) is 5.77. The van der Waals surface area contributed by atoms with E-state index in [1.165, 1.54) is 12.0 Å². The molecule has 1 N–H and O–H groups in total. The van der Waals surface area contributed by atoms with Gasteiger partial charge in [0.25, 0.3) is 5.91 Å². The van der Waals surface area contributed by atoms with E-state index in [1.54, 1.807) is 31.4 Å². The van der Waals surface area contributed by atoms with Crippen molar-refractivity contribution in [3.8, 4) is 5.75 Å². The molecule has 0 aromatic heterocycles. The smallest absolute Gasteiger partial charge is 0.256 e. The van der Waals surface area contributed by atoms with Gasteiger partial charge >= 0.3 is 0 Å². The van der Waals surface area contributed by atoms with Gasteiger partial charge in [0.1, 0.15) is 11.8 Å². The molecule has 1 fully saturated rings. The van der Waals surface area contributed by atoms with Crippen LogP contribution in [-0.2, 0) is 20.9 Å². The Hall–Kier alpha value is -2.86. The minimum absolute atomic E-state index is 0.103. The number of nitrogens with zero attached hydrogens (tertiary/aromatic N) is 1. The first-order valence-electron chi connectivity index (χ1n) is 7.98. The second-order valence-corrected chi connectivity index (χ2v) is 5.77. The Labute approximate surface area is 146 Å². The number of imide groups is 1. The van der Waals surface area contributed by atoms with Gasteiger partial charge in [-0.1, -0.05) is 24.3 Å². The van der Waals surface area contributed by atoms with Crippen molar-refractivity contribution in [3.63, 3.8) is 0 Å². The molecule has 3 rings (SSSR count). The number of ether oxygens (including phenoxy) is 2. The summed E-state index contributed by atoms with van der Waals surface area (Å²) in [4.78, 5) is 26.4.